The Balaban J connectivity index is 1.97. The molecule has 0 unspecified atom stereocenters. The summed E-state index contributed by atoms with van der Waals surface area (Å²) in [6.07, 6.45) is 0. The minimum Gasteiger partial charge on any atom is -0.394 e. The summed E-state index contributed by atoms with van der Waals surface area (Å²) < 4.78 is 1.23. The molecule has 2 rings (SSSR count). The van der Waals surface area contributed by atoms with Crippen LogP contribution in [0, 0.1) is 3.57 Å². The topological polar surface area (TPSA) is 32.3 Å². The molecule has 0 aromatic heterocycles. The molecule has 0 bridgehead atoms. The highest BCUT2D eigenvalue weighted by atomic mass is 127. The summed E-state index contributed by atoms with van der Waals surface area (Å²) in [4.78, 5) is 0. The predicted molar refractivity (Wildman–Crippen MR) is 82.3 cm³/mol. The van der Waals surface area contributed by atoms with Crippen molar-refractivity contribution in [2.45, 2.75) is 12.6 Å². The van der Waals surface area contributed by atoms with Gasteiger partial charge >= 0.3 is 0 Å². The van der Waals surface area contributed by atoms with Crippen LogP contribution >= 0.6 is 22.6 Å². The summed E-state index contributed by atoms with van der Waals surface area (Å²) in [5.74, 6) is 0. The molecule has 0 aliphatic rings. The molecule has 18 heavy (non-hydrogen) atoms. The van der Waals surface area contributed by atoms with Crippen LogP contribution in [0.3, 0.4) is 0 Å². The van der Waals surface area contributed by atoms with Gasteiger partial charge in [-0.3, -0.25) is 0 Å². The van der Waals surface area contributed by atoms with E-state index < -0.39 is 0 Å². The van der Waals surface area contributed by atoms with Crippen LogP contribution in [-0.4, -0.2) is 11.7 Å². The van der Waals surface area contributed by atoms with Gasteiger partial charge in [0.15, 0.2) is 0 Å². The van der Waals surface area contributed by atoms with Gasteiger partial charge in [-0.05, 0) is 45.9 Å². The quantitative estimate of drug-likeness (QED) is 0.810. The number of aliphatic hydroxyl groups excluding tert-OH is 1. The Morgan fingerprint density at radius 2 is 1.67 bits per heavy atom. The molecule has 0 saturated heterocycles. The van der Waals surface area contributed by atoms with E-state index in [9.17, 15) is 5.11 Å². The molecule has 2 N–H and O–H groups in total. The Bertz CT molecular complexity index is 470. The van der Waals surface area contributed by atoms with E-state index in [1.54, 1.807) is 0 Å². The molecule has 0 saturated carbocycles. The molecule has 0 aliphatic carbocycles. The van der Waals surface area contributed by atoms with Crippen LogP contribution < -0.4 is 5.32 Å². The molecule has 0 fully saturated rings. The molecule has 3 heteroatoms. The first-order valence-electron chi connectivity index (χ1n) is 5.93. The van der Waals surface area contributed by atoms with Crippen molar-refractivity contribution in [3.63, 3.8) is 0 Å². The number of nitrogens with one attached hydrogen (secondary N) is 1. The van der Waals surface area contributed by atoms with Crippen molar-refractivity contribution in [1.82, 2.24) is 5.32 Å². The Kier molecular flexibility index (Phi) is 5.16. The number of rotatable bonds is 5. The van der Waals surface area contributed by atoms with Gasteiger partial charge in [0.1, 0.15) is 0 Å². The van der Waals surface area contributed by atoms with Crippen molar-refractivity contribution in [3.8, 4) is 0 Å². The maximum Gasteiger partial charge on any atom is 0.0626 e. The molecule has 2 nitrogen and oxygen atoms in total. The van der Waals surface area contributed by atoms with Gasteiger partial charge in [-0.25, -0.2) is 0 Å². The average molecular weight is 353 g/mol. The van der Waals surface area contributed by atoms with Crippen LogP contribution in [0.15, 0.2) is 54.6 Å². The molecule has 0 heterocycles. The highest BCUT2D eigenvalue weighted by molar-refractivity contribution is 14.1. The van der Waals surface area contributed by atoms with Crippen molar-refractivity contribution in [2.75, 3.05) is 6.61 Å². The maximum atomic E-state index is 9.44. The first-order chi connectivity index (χ1) is 8.79. The lowest BCUT2D eigenvalue weighted by atomic mass is 10.1. The molecule has 94 valence electrons. The van der Waals surface area contributed by atoms with Crippen LogP contribution in [0.1, 0.15) is 17.2 Å². The van der Waals surface area contributed by atoms with Gasteiger partial charge in [0.2, 0.25) is 0 Å². The highest BCUT2D eigenvalue weighted by Crippen LogP contribution is 2.13. The van der Waals surface area contributed by atoms with Crippen LogP contribution in [0.2, 0.25) is 0 Å². The first-order valence-corrected chi connectivity index (χ1v) is 7.01. The first kappa shape index (κ1) is 13.5. The van der Waals surface area contributed by atoms with Gasteiger partial charge in [-0.2, -0.15) is 0 Å². The second kappa shape index (κ2) is 6.87. The summed E-state index contributed by atoms with van der Waals surface area (Å²) in [6.45, 7) is 0.866. The zero-order chi connectivity index (χ0) is 12.8. The molecule has 0 spiro atoms. The number of benzene rings is 2. The van der Waals surface area contributed by atoms with Gasteiger partial charge in [0, 0.05) is 10.1 Å². The summed E-state index contributed by atoms with van der Waals surface area (Å²) in [5, 5.41) is 12.8. The molecule has 0 amide bonds. The third kappa shape index (κ3) is 3.80. The maximum absolute atomic E-state index is 9.44. The second-order valence-corrected chi connectivity index (χ2v) is 5.40. The van der Waals surface area contributed by atoms with E-state index >= 15 is 0 Å². The monoisotopic (exact) mass is 353 g/mol. The van der Waals surface area contributed by atoms with E-state index in [0.29, 0.717) is 0 Å². The van der Waals surface area contributed by atoms with Crippen molar-refractivity contribution >= 4 is 22.6 Å². The zero-order valence-electron chi connectivity index (χ0n) is 10.0. The summed E-state index contributed by atoms with van der Waals surface area (Å²) in [7, 11) is 0. The highest BCUT2D eigenvalue weighted by Gasteiger charge is 2.08. The van der Waals surface area contributed by atoms with Gasteiger partial charge < -0.3 is 10.4 Å². The third-order valence-electron chi connectivity index (χ3n) is 2.85. The number of aliphatic hydroxyl groups is 1. The van der Waals surface area contributed by atoms with E-state index in [4.69, 9.17) is 0 Å². The molecule has 0 radical (unpaired) electrons. The molecule has 2 aromatic carbocycles. The lowest BCUT2D eigenvalue weighted by Gasteiger charge is -2.16. The van der Waals surface area contributed by atoms with E-state index in [-0.39, 0.29) is 12.6 Å². The Hall–Kier alpha value is -0.910. The predicted octanol–water partition coefficient (Wildman–Crippen LogP) is 3.11. The van der Waals surface area contributed by atoms with E-state index in [1.807, 2.05) is 30.3 Å². The fourth-order valence-electron chi connectivity index (χ4n) is 1.82. The Morgan fingerprint density at radius 3 is 2.28 bits per heavy atom. The fourth-order valence-corrected chi connectivity index (χ4v) is 2.18. The molecule has 2 aromatic rings. The van der Waals surface area contributed by atoms with Crippen LogP contribution in [-0.2, 0) is 6.54 Å². The van der Waals surface area contributed by atoms with Crippen molar-refractivity contribution < 1.29 is 5.11 Å². The molecule has 0 aliphatic heterocycles. The molecule has 1 atom stereocenters. The average Bonchev–Trinajstić information content (AvgIpc) is 2.43. The fraction of sp³-hybridized carbons (Fsp3) is 0.200. The van der Waals surface area contributed by atoms with E-state index in [2.05, 4.69) is 52.2 Å². The second-order valence-electron chi connectivity index (χ2n) is 4.15. The van der Waals surface area contributed by atoms with Crippen LogP contribution in [0.5, 0.6) is 0 Å². The largest absolute Gasteiger partial charge is 0.394 e. The normalized spacial score (nSPS) is 12.3. The molecular formula is C15H16INO. The minimum atomic E-state index is -0.00882. The minimum absolute atomic E-state index is 0.00882. The van der Waals surface area contributed by atoms with Crippen molar-refractivity contribution in [3.05, 3.63) is 69.3 Å². The Labute approximate surface area is 121 Å². The Morgan fingerprint density at radius 1 is 1.00 bits per heavy atom. The SMILES string of the molecule is OC[C@@H](NCc1ccc(I)cc1)c1ccccc1. The lowest BCUT2D eigenvalue weighted by molar-refractivity contribution is 0.243. The standard InChI is InChI=1S/C15H16INO/c16-14-8-6-12(7-9-14)10-17-15(11-18)13-4-2-1-3-5-13/h1-9,15,17-18H,10-11H2/t15-/m1/s1. The van der Waals surface area contributed by atoms with E-state index in [0.717, 1.165) is 12.1 Å². The van der Waals surface area contributed by atoms with E-state index in [1.165, 1.54) is 9.13 Å². The van der Waals surface area contributed by atoms with Gasteiger partial charge in [0.05, 0.1) is 12.6 Å². The summed E-state index contributed by atoms with van der Waals surface area (Å²) in [6, 6.07) is 18.4. The summed E-state index contributed by atoms with van der Waals surface area (Å²) >= 11 is 2.29. The lowest BCUT2D eigenvalue weighted by Crippen LogP contribution is -2.23. The van der Waals surface area contributed by atoms with Gasteiger partial charge in [-0.15, -0.1) is 0 Å². The number of hydrogen-bond acceptors (Lipinski definition) is 2. The van der Waals surface area contributed by atoms with Crippen molar-refractivity contribution in [1.29, 1.82) is 0 Å². The van der Waals surface area contributed by atoms with Crippen molar-refractivity contribution in [2.24, 2.45) is 0 Å². The third-order valence-corrected chi connectivity index (χ3v) is 3.57. The summed E-state index contributed by atoms with van der Waals surface area (Å²) in [5.41, 5.74) is 2.34. The number of halogens is 1. The zero-order valence-corrected chi connectivity index (χ0v) is 12.2. The van der Waals surface area contributed by atoms with Gasteiger partial charge in [0.25, 0.3) is 0 Å². The molecular weight excluding hydrogens is 337 g/mol. The number of hydrogen-bond donors (Lipinski definition) is 2. The smallest absolute Gasteiger partial charge is 0.0626 e. The van der Waals surface area contributed by atoms with Crippen LogP contribution in [0.4, 0.5) is 0 Å². The van der Waals surface area contributed by atoms with Gasteiger partial charge in [-0.1, -0.05) is 42.5 Å². The van der Waals surface area contributed by atoms with Crippen LogP contribution in [0.25, 0.3) is 0 Å².